The van der Waals surface area contributed by atoms with Crippen LogP contribution in [-0.4, -0.2) is 52.6 Å². The van der Waals surface area contributed by atoms with Crippen LogP contribution in [0, 0.1) is 5.92 Å². The van der Waals surface area contributed by atoms with Crippen molar-refractivity contribution < 1.29 is 14.4 Å². The molecule has 1 saturated heterocycles. The SMILES string of the molecule is CN(Cc1cscn1)C(=O)C1CCN(c2cccc3c2C(=O)N(Cc2cc4ccccc4s2)C3=O)CC1. The number of benzene rings is 2. The molecule has 2 aromatic heterocycles. The lowest BCUT2D eigenvalue weighted by Crippen LogP contribution is -2.41. The molecule has 2 aromatic carbocycles. The number of amides is 3. The van der Waals surface area contributed by atoms with E-state index in [0.29, 0.717) is 43.6 Å². The molecule has 4 heterocycles. The van der Waals surface area contributed by atoms with Crippen LogP contribution < -0.4 is 4.90 Å². The quantitative estimate of drug-likeness (QED) is 0.327. The minimum absolute atomic E-state index is 0.0570. The number of fused-ring (bicyclic) bond motifs is 2. The maximum atomic E-state index is 13.5. The highest BCUT2D eigenvalue weighted by atomic mass is 32.1. The van der Waals surface area contributed by atoms with Gasteiger partial charge in [-0.3, -0.25) is 19.3 Å². The molecule has 3 amide bonds. The first-order chi connectivity index (χ1) is 18.0. The lowest BCUT2D eigenvalue weighted by atomic mass is 9.94. The van der Waals surface area contributed by atoms with Crippen molar-refractivity contribution in [2.24, 2.45) is 5.92 Å². The van der Waals surface area contributed by atoms with E-state index in [0.717, 1.165) is 26.3 Å². The summed E-state index contributed by atoms with van der Waals surface area (Å²) in [4.78, 5) is 50.3. The number of hydrogen-bond donors (Lipinski definition) is 0. The average molecular weight is 531 g/mol. The molecule has 0 atom stereocenters. The number of piperidine rings is 1. The van der Waals surface area contributed by atoms with Crippen LogP contribution in [0.1, 0.15) is 44.1 Å². The number of rotatable bonds is 6. The van der Waals surface area contributed by atoms with E-state index in [1.54, 1.807) is 27.8 Å². The third kappa shape index (κ3) is 4.42. The van der Waals surface area contributed by atoms with Gasteiger partial charge in [-0.25, -0.2) is 4.98 Å². The highest BCUT2D eigenvalue weighted by Crippen LogP contribution is 2.36. The molecule has 0 N–H and O–H groups in total. The molecule has 4 aromatic rings. The number of imide groups is 1. The second-order valence-corrected chi connectivity index (χ2v) is 11.5. The fraction of sp³-hybridized carbons (Fsp3) is 0.286. The number of thiazole rings is 1. The molecule has 0 bridgehead atoms. The Labute approximate surface area is 222 Å². The van der Waals surface area contributed by atoms with Crippen molar-refractivity contribution >= 4 is 56.2 Å². The van der Waals surface area contributed by atoms with Gasteiger partial charge in [0.05, 0.1) is 41.1 Å². The first kappa shape index (κ1) is 23.8. The Morgan fingerprint density at radius 2 is 1.89 bits per heavy atom. The Bertz CT molecular complexity index is 1460. The molecule has 9 heteroatoms. The number of thiophene rings is 1. The van der Waals surface area contributed by atoms with Gasteiger partial charge in [0.2, 0.25) is 5.91 Å². The summed E-state index contributed by atoms with van der Waals surface area (Å²) in [6, 6.07) is 15.6. The first-order valence-electron chi connectivity index (χ1n) is 12.3. The maximum absolute atomic E-state index is 13.5. The van der Waals surface area contributed by atoms with Crippen LogP contribution in [0.4, 0.5) is 5.69 Å². The first-order valence-corrected chi connectivity index (χ1v) is 14.1. The fourth-order valence-corrected chi connectivity index (χ4v) is 6.91. The summed E-state index contributed by atoms with van der Waals surface area (Å²) >= 11 is 3.14. The average Bonchev–Trinajstić information content (AvgIpc) is 3.64. The van der Waals surface area contributed by atoms with Gasteiger partial charge in [0.15, 0.2) is 0 Å². The molecule has 7 nitrogen and oxygen atoms in total. The summed E-state index contributed by atoms with van der Waals surface area (Å²) in [5.41, 5.74) is 4.42. The van der Waals surface area contributed by atoms with Crippen LogP contribution >= 0.6 is 22.7 Å². The van der Waals surface area contributed by atoms with Crippen molar-refractivity contribution in [3.05, 3.63) is 81.1 Å². The predicted molar refractivity (Wildman–Crippen MR) is 146 cm³/mol. The van der Waals surface area contributed by atoms with Crippen molar-refractivity contribution in [1.29, 1.82) is 0 Å². The molecular weight excluding hydrogens is 504 g/mol. The number of anilines is 1. The summed E-state index contributed by atoms with van der Waals surface area (Å²) < 4.78 is 1.14. The summed E-state index contributed by atoms with van der Waals surface area (Å²) in [6.45, 7) is 2.11. The Hall–Kier alpha value is -3.56. The number of carbonyl (C=O) groups is 3. The molecule has 0 spiro atoms. The minimum atomic E-state index is -0.243. The monoisotopic (exact) mass is 530 g/mol. The molecule has 188 valence electrons. The van der Waals surface area contributed by atoms with Crippen molar-refractivity contribution in [2.75, 3.05) is 25.0 Å². The second kappa shape index (κ2) is 9.72. The predicted octanol–water partition coefficient (Wildman–Crippen LogP) is 5.03. The molecule has 0 aliphatic carbocycles. The van der Waals surface area contributed by atoms with E-state index in [1.807, 2.05) is 42.8 Å². The zero-order valence-corrected chi connectivity index (χ0v) is 22.1. The van der Waals surface area contributed by atoms with E-state index in [4.69, 9.17) is 0 Å². The fourth-order valence-electron chi connectivity index (χ4n) is 5.31. The van der Waals surface area contributed by atoms with Gasteiger partial charge >= 0.3 is 0 Å². The van der Waals surface area contributed by atoms with E-state index in [1.165, 1.54) is 16.2 Å². The molecule has 2 aliphatic rings. The zero-order chi connectivity index (χ0) is 25.5. The van der Waals surface area contributed by atoms with Gasteiger partial charge in [0, 0.05) is 41.0 Å². The van der Waals surface area contributed by atoms with Gasteiger partial charge in [0.25, 0.3) is 11.8 Å². The van der Waals surface area contributed by atoms with Crippen LogP contribution in [0.2, 0.25) is 0 Å². The van der Waals surface area contributed by atoms with E-state index in [9.17, 15) is 14.4 Å². The van der Waals surface area contributed by atoms with Gasteiger partial charge < -0.3 is 9.80 Å². The molecule has 6 rings (SSSR count). The van der Waals surface area contributed by atoms with Crippen molar-refractivity contribution in [3.63, 3.8) is 0 Å². The largest absolute Gasteiger partial charge is 0.371 e. The Balaban J connectivity index is 1.16. The molecule has 1 fully saturated rings. The number of carbonyl (C=O) groups excluding carboxylic acids is 3. The molecule has 37 heavy (non-hydrogen) atoms. The minimum Gasteiger partial charge on any atom is -0.371 e. The molecule has 0 radical (unpaired) electrons. The molecule has 0 unspecified atom stereocenters. The van der Waals surface area contributed by atoms with Gasteiger partial charge in [-0.2, -0.15) is 0 Å². The highest BCUT2D eigenvalue weighted by Gasteiger charge is 2.39. The second-order valence-electron chi connectivity index (χ2n) is 9.58. The lowest BCUT2D eigenvalue weighted by molar-refractivity contribution is -0.135. The maximum Gasteiger partial charge on any atom is 0.264 e. The van der Waals surface area contributed by atoms with Gasteiger partial charge in [-0.1, -0.05) is 24.3 Å². The van der Waals surface area contributed by atoms with E-state index < -0.39 is 0 Å². The topological polar surface area (TPSA) is 73.8 Å². The van der Waals surface area contributed by atoms with Gasteiger partial charge in [0.1, 0.15) is 0 Å². The summed E-state index contributed by atoms with van der Waals surface area (Å²) in [7, 11) is 1.83. The van der Waals surface area contributed by atoms with Crippen molar-refractivity contribution in [2.45, 2.75) is 25.9 Å². The summed E-state index contributed by atoms with van der Waals surface area (Å²) in [5, 5.41) is 3.08. The normalized spacial score (nSPS) is 16.0. The smallest absolute Gasteiger partial charge is 0.264 e. The Morgan fingerprint density at radius 1 is 1.08 bits per heavy atom. The third-order valence-electron chi connectivity index (χ3n) is 7.21. The van der Waals surface area contributed by atoms with Crippen LogP contribution in [-0.2, 0) is 17.9 Å². The van der Waals surface area contributed by atoms with Crippen molar-refractivity contribution in [1.82, 2.24) is 14.8 Å². The Kier molecular flexibility index (Phi) is 6.26. The van der Waals surface area contributed by atoms with Crippen LogP contribution in [0.25, 0.3) is 10.1 Å². The molecule has 0 saturated carbocycles. The van der Waals surface area contributed by atoms with Crippen LogP contribution in [0.5, 0.6) is 0 Å². The number of hydrogen-bond acceptors (Lipinski definition) is 7. The zero-order valence-electron chi connectivity index (χ0n) is 20.4. The lowest BCUT2D eigenvalue weighted by Gasteiger charge is -2.35. The van der Waals surface area contributed by atoms with Gasteiger partial charge in [-0.15, -0.1) is 22.7 Å². The molecule has 2 aliphatic heterocycles. The van der Waals surface area contributed by atoms with Gasteiger partial charge in [-0.05, 0) is 42.5 Å². The summed E-state index contributed by atoms with van der Waals surface area (Å²) in [5.74, 6) is -0.410. The number of aromatic nitrogens is 1. The van der Waals surface area contributed by atoms with Crippen LogP contribution in [0.3, 0.4) is 0 Å². The van der Waals surface area contributed by atoms with E-state index >= 15 is 0 Å². The Morgan fingerprint density at radius 3 is 2.65 bits per heavy atom. The van der Waals surface area contributed by atoms with E-state index in [2.05, 4.69) is 22.0 Å². The summed E-state index contributed by atoms with van der Waals surface area (Å²) in [6.07, 6.45) is 1.41. The van der Waals surface area contributed by atoms with E-state index in [-0.39, 0.29) is 30.2 Å². The molecular formula is C28H26N4O3S2. The van der Waals surface area contributed by atoms with Crippen molar-refractivity contribution in [3.8, 4) is 0 Å². The third-order valence-corrected chi connectivity index (χ3v) is 8.95. The highest BCUT2D eigenvalue weighted by molar-refractivity contribution is 7.19. The standard InChI is InChI=1S/C28H26N4O3S2/c1-30(14-20-16-36-17-29-20)26(33)18-9-11-31(12-10-18)23-7-4-6-22-25(23)28(35)32(27(22)34)15-21-13-19-5-2-3-8-24(19)37-21/h2-8,13,16-18H,9-12,14-15H2,1H3. The number of nitrogens with zero attached hydrogens (tertiary/aromatic N) is 4. The van der Waals surface area contributed by atoms with Crippen LogP contribution in [0.15, 0.2) is 59.4 Å².